The summed E-state index contributed by atoms with van der Waals surface area (Å²) < 4.78 is 2.08. The van der Waals surface area contributed by atoms with Crippen molar-refractivity contribution in [3.8, 4) is 0 Å². The second kappa shape index (κ2) is 3.86. The Kier molecular flexibility index (Phi) is 2.46. The van der Waals surface area contributed by atoms with Crippen LogP contribution < -0.4 is 4.40 Å². The van der Waals surface area contributed by atoms with Crippen LogP contribution in [-0.2, 0) is 0 Å². The van der Waals surface area contributed by atoms with E-state index in [4.69, 9.17) is 23.2 Å². The zero-order valence-corrected chi connectivity index (χ0v) is 10.8. The van der Waals surface area contributed by atoms with E-state index in [0.29, 0.717) is 10.0 Å². The Labute approximate surface area is 109 Å². The highest BCUT2D eigenvalue weighted by molar-refractivity contribution is 6.38. The van der Waals surface area contributed by atoms with Gasteiger partial charge in [0, 0.05) is 28.1 Å². The topological polar surface area (TPSA) is 4.10 Å². The van der Waals surface area contributed by atoms with Gasteiger partial charge in [0.05, 0.1) is 10.4 Å². The van der Waals surface area contributed by atoms with Crippen LogP contribution in [0.1, 0.15) is 5.56 Å². The van der Waals surface area contributed by atoms with Crippen molar-refractivity contribution in [3.05, 3.63) is 58.3 Å². The van der Waals surface area contributed by atoms with Crippen molar-refractivity contribution in [1.82, 2.24) is 0 Å². The van der Waals surface area contributed by atoms with Crippen LogP contribution in [0.5, 0.6) is 0 Å². The summed E-state index contributed by atoms with van der Waals surface area (Å²) in [5.74, 6) is 0. The van der Waals surface area contributed by atoms with Gasteiger partial charge in [-0.15, -0.1) is 0 Å². The van der Waals surface area contributed by atoms with Gasteiger partial charge in [-0.2, -0.15) is 4.40 Å². The van der Waals surface area contributed by atoms with E-state index in [9.17, 15) is 0 Å². The van der Waals surface area contributed by atoms with Crippen molar-refractivity contribution in [2.75, 3.05) is 0 Å². The van der Waals surface area contributed by atoms with Gasteiger partial charge in [0.15, 0.2) is 12.4 Å². The van der Waals surface area contributed by atoms with Crippen molar-refractivity contribution in [2.24, 2.45) is 0 Å². The molecule has 0 fully saturated rings. The minimum Gasteiger partial charge on any atom is -0.166 e. The summed E-state index contributed by atoms with van der Waals surface area (Å²) in [6.07, 6.45) is 4.06. The summed E-state index contributed by atoms with van der Waals surface area (Å²) in [6.45, 7) is 2.09. The Morgan fingerprint density at radius 3 is 2.71 bits per heavy atom. The highest BCUT2D eigenvalue weighted by atomic mass is 35.5. The zero-order valence-electron chi connectivity index (χ0n) is 9.24. The van der Waals surface area contributed by atoms with Gasteiger partial charge < -0.3 is 0 Å². The molecule has 0 aliphatic rings. The Morgan fingerprint density at radius 1 is 1.06 bits per heavy atom. The maximum Gasteiger partial charge on any atom is 0.214 e. The van der Waals surface area contributed by atoms with Gasteiger partial charge in [-0.05, 0) is 25.1 Å². The molecule has 0 amide bonds. The summed E-state index contributed by atoms with van der Waals surface area (Å²) in [6, 6.07) is 9.86. The normalized spacial score (nSPS) is 11.2. The highest BCUT2D eigenvalue weighted by Gasteiger charge is 2.13. The van der Waals surface area contributed by atoms with Crippen LogP contribution in [0, 0.1) is 6.92 Å². The molecule has 3 heteroatoms. The Hall–Kier alpha value is -1.31. The molecular formula is C14H10Cl2N+. The van der Waals surface area contributed by atoms with Crippen LogP contribution in [0.3, 0.4) is 0 Å². The molecule has 1 nitrogen and oxygen atoms in total. The second-order valence-corrected chi connectivity index (χ2v) is 4.94. The van der Waals surface area contributed by atoms with Crippen LogP contribution in [0.2, 0.25) is 10.0 Å². The Balaban J connectivity index is 2.59. The molecule has 17 heavy (non-hydrogen) atoms. The van der Waals surface area contributed by atoms with Gasteiger partial charge >= 0.3 is 0 Å². The number of aromatic nitrogens is 1. The molecule has 0 radical (unpaired) electrons. The largest absolute Gasteiger partial charge is 0.214 e. The molecule has 0 bridgehead atoms. The van der Waals surface area contributed by atoms with Gasteiger partial charge in [-0.3, -0.25) is 0 Å². The molecule has 0 N–H and O–H groups in total. The molecule has 0 saturated carbocycles. The molecule has 0 saturated heterocycles. The summed E-state index contributed by atoms with van der Waals surface area (Å²) in [5, 5.41) is 3.49. The standard InChI is InChI=1S/C14H10Cl2N/c1-9-11-6-10(15)7-13(16)12(11)8-17-5-3-2-4-14(9)17/h2-8H,1H3/q+1. The first kappa shape index (κ1) is 10.8. The average molecular weight is 263 g/mol. The first-order chi connectivity index (χ1) is 8.16. The fourth-order valence-electron chi connectivity index (χ4n) is 2.19. The molecule has 1 aromatic carbocycles. The fraction of sp³-hybridized carbons (Fsp3) is 0.0714. The molecule has 0 unspecified atom stereocenters. The zero-order chi connectivity index (χ0) is 12.0. The van der Waals surface area contributed by atoms with Crippen LogP contribution in [0.4, 0.5) is 0 Å². The maximum absolute atomic E-state index is 6.24. The van der Waals surface area contributed by atoms with Crippen LogP contribution in [0.15, 0.2) is 42.7 Å². The lowest BCUT2D eigenvalue weighted by atomic mass is 10.1. The predicted molar refractivity (Wildman–Crippen MR) is 71.9 cm³/mol. The van der Waals surface area contributed by atoms with E-state index >= 15 is 0 Å². The van der Waals surface area contributed by atoms with Crippen molar-refractivity contribution in [2.45, 2.75) is 6.92 Å². The number of rotatable bonds is 0. The number of aryl methyl sites for hydroxylation is 1. The number of halogens is 2. The molecule has 0 spiro atoms. The molecule has 84 valence electrons. The van der Waals surface area contributed by atoms with Gasteiger partial charge in [0.1, 0.15) is 0 Å². The second-order valence-electron chi connectivity index (χ2n) is 4.10. The fourth-order valence-corrected chi connectivity index (χ4v) is 2.73. The van der Waals surface area contributed by atoms with E-state index in [0.717, 1.165) is 10.8 Å². The first-order valence-corrected chi connectivity index (χ1v) is 6.11. The number of fused-ring (bicyclic) bond motifs is 2. The molecule has 0 aliphatic carbocycles. The Bertz CT molecular complexity index is 735. The lowest BCUT2D eigenvalue weighted by Gasteiger charge is -2.04. The predicted octanol–water partition coefficient (Wildman–Crippen LogP) is 4.19. The van der Waals surface area contributed by atoms with Crippen molar-refractivity contribution in [1.29, 1.82) is 0 Å². The van der Waals surface area contributed by atoms with E-state index in [-0.39, 0.29) is 0 Å². The quantitative estimate of drug-likeness (QED) is 0.423. The van der Waals surface area contributed by atoms with E-state index in [1.807, 2.05) is 30.6 Å². The van der Waals surface area contributed by atoms with E-state index in [2.05, 4.69) is 17.4 Å². The first-order valence-electron chi connectivity index (χ1n) is 5.35. The summed E-state index contributed by atoms with van der Waals surface area (Å²) >= 11 is 12.3. The highest BCUT2D eigenvalue weighted by Crippen LogP contribution is 2.29. The van der Waals surface area contributed by atoms with Gasteiger partial charge in [-0.25, -0.2) is 0 Å². The summed E-state index contributed by atoms with van der Waals surface area (Å²) in [5.41, 5.74) is 2.35. The van der Waals surface area contributed by atoms with E-state index < -0.39 is 0 Å². The van der Waals surface area contributed by atoms with Crippen LogP contribution in [-0.4, -0.2) is 0 Å². The van der Waals surface area contributed by atoms with Crippen LogP contribution >= 0.6 is 23.2 Å². The Morgan fingerprint density at radius 2 is 1.88 bits per heavy atom. The van der Waals surface area contributed by atoms with Crippen molar-refractivity contribution in [3.63, 3.8) is 0 Å². The minimum absolute atomic E-state index is 0.672. The average Bonchev–Trinajstić information content (AvgIpc) is 2.31. The number of nitrogens with zero attached hydrogens (tertiary/aromatic N) is 1. The minimum atomic E-state index is 0.672. The lowest BCUT2D eigenvalue weighted by Crippen LogP contribution is -2.21. The van der Waals surface area contributed by atoms with Crippen LogP contribution in [0.25, 0.3) is 16.3 Å². The number of hydrogen-bond acceptors (Lipinski definition) is 0. The SMILES string of the molecule is Cc1c2cc(Cl)cc(Cl)c2c[n+]2ccccc12. The molecular weight excluding hydrogens is 253 g/mol. The van der Waals surface area contributed by atoms with Gasteiger partial charge in [0.25, 0.3) is 0 Å². The summed E-state index contributed by atoms with van der Waals surface area (Å²) in [4.78, 5) is 0. The third-order valence-electron chi connectivity index (χ3n) is 3.04. The molecule has 2 heterocycles. The molecule has 0 aliphatic heterocycles. The van der Waals surface area contributed by atoms with E-state index in [1.165, 1.54) is 11.1 Å². The lowest BCUT2D eigenvalue weighted by molar-refractivity contribution is -0.510. The smallest absolute Gasteiger partial charge is 0.166 e. The maximum atomic E-state index is 6.24. The molecule has 2 aromatic heterocycles. The van der Waals surface area contributed by atoms with Gasteiger partial charge in [0.2, 0.25) is 5.52 Å². The molecule has 0 atom stereocenters. The molecule has 3 aromatic rings. The third kappa shape index (κ3) is 1.67. The number of benzene rings is 1. The number of pyridine rings is 2. The third-order valence-corrected chi connectivity index (χ3v) is 3.57. The van der Waals surface area contributed by atoms with E-state index in [1.54, 1.807) is 6.07 Å². The van der Waals surface area contributed by atoms with Crippen molar-refractivity contribution < 1.29 is 4.40 Å². The molecule has 3 rings (SSSR count). The summed E-state index contributed by atoms with van der Waals surface area (Å²) in [7, 11) is 0. The number of hydrogen-bond donors (Lipinski definition) is 0. The van der Waals surface area contributed by atoms with Gasteiger partial charge in [-0.1, -0.05) is 23.2 Å². The van der Waals surface area contributed by atoms with Crippen molar-refractivity contribution >= 4 is 39.5 Å². The monoisotopic (exact) mass is 262 g/mol.